The molecule has 174 valence electrons. The van der Waals surface area contributed by atoms with Crippen molar-refractivity contribution in [2.24, 2.45) is 0 Å². The lowest BCUT2D eigenvalue weighted by molar-refractivity contribution is -1.01. The third kappa shape index (κ3) is 7.24. The smallest absolute Gasteiger partial charge is 0.271 e. The Hall–Kier alpha value is -1.55. The van der Waals surface area contributed by atoms with Gasteiger partial charge in [-0.3, -0.25) is 4.48 Å². The number of para-hydroxylation sites is 1. The summed E-state index contributed by atoms with van der Waals surface area (Å²) in [5.41, 5.74) is 0.682. The number of benzene rings is 2. The van der Waals surface area contributed by atoms with Crippen molar-refractivity contribution < 1.29 is 26.4 Å². The Morgan fingerprint density at radius 3 is 1.94 bits per heavy atom. The summed E-state index contributed by atoms with van der Waals surface area (Å²) in [7, 11) is 4.49. The van der Waals surface area contributed by atoms with Crippen LogP contribution in [-0.2, 0) is 10.5 Å². The number of nitrogens with zero attached hydrogens (tertiary/aromatic N) is 1. The molecule has 31 heavy (non-hydrogen) atoms. The predicted octanol–water partition coefficient (Wildman–Crippen LogP) is 4.13. The Morgan fingerprint density at radius 1 is 0.806 bits per heavy atom. The van der Waals surface area contributed by atoms with Crippen molar-refractivity contribution in [1.82, 2.24) is 0 Å². The van der Waals surface area contributed by atoms with E-state index in [-0.39, 0.29) is 18.6 Å². The number of ether oxygens (including phenoxy) is 2. The van der Waals surface area contributed by atoms with E-state index < -0.39 is 5.72 Å². The molecule has 0 aliphatic heterocycles. The van der Waals surface area contributed by atoms with Crippen molar-refractivity contribution in [3.63, 3.8) is 0 Å². The standard InChI is InChI=1S/C27H42NO2.ClH/c1-6-8-9-10-11-18-23-27(25-19-14-12-15-20-25,28(4,5)24(3)29-7-2)30-26-21-16-13-17-22-26;/h12-17,19-22,24H,6-11,18,23H2,1-5H3;1H/q+1;/p-1. The topological polar surface area (TPSA) is 18.5 Å². The van der Waals surface area contributed by atoms with Gasteiger partial charge in [0.2, 0.25) is 0 Å². The highest BCUT2D eigenvalue weighted by Gasteiger charge is 2.52. The van der Waals surface area contributed by atoms with Crippen molar-refractivity contribution in [1.29, 1.82) is 0 Å². The second kappa shape index (κ2) is 13.8. The summed E-state index contributed by atoms with van der Waals surface area (Å²) in [6.45, 7) is 7.18. The maximum atomic E-state index is 6.94. The molecule has 0 N–H and O–H groups in total. The highest BCUT2D eigenvalue weighted by Crippen LogP contribution is 2.42. The SMILES string of the molecule is CCCCCCCCC(Oc1ccccc1)(c1ccccc1)[N+](C)(C)C(C)OCC.[Cl-]. The maximum absolute atomic E-state index is 6.94. The van der Waals surface area contributed by atoms with Crippen molar-refractivity contribution in [3.05, 3.63) is 66.2 Å². The van der Waals surface area contributed by atoms with Crippen LogP contribution in [0.2, 0.25) is 0 Å². The monoisotopic (exact) mass is 447 g/mol. The lowest BCUT2D eigenvalue weighted by Gasteiger charge is -2.50. The van der Waals surface area contributed by atoms with Crippen LogP contribution in [0.5, 0.6) is 5.75 Å². The minimum atomic E-state index is -0.526. The van der Waals surface area contributed by atoms with Crippen molar-refractivity contribution >= 4 is 0 Å². The van der Waals surface area contributed by atoms with Gasteiger partial charge in [-0.25, -0.2) is 0 Å². The molecule has 0 radical (unpaired) electrons. The number of unbranched alkanes of at least 4 members (excludes halogenated alkanes) is 5. The van der Waals surface area contributed by atoms with Crippen LogP contribution in [0.15, 0.2) is 60.7 Å². The second-order valence-electron chi connectivity index (χ2n) is 8.68. The van der Waals surface area contributed by atoms with Gasteiger partial charge in [-0.1, -0.05) is 75.4 Å². The molecule has 2 unspecified atom stereocenters. The first kappa shape index (κ1) is 27.5. The first-order valence-electron chi connectivity index (χ1n) is 11.7. The maximum Gasteiger partial charge on any atom is 0.271 e. The highest BCUT2D eigenvalue weighted by atomic mass is 35.5. The lowest BCUT2D eigenvalue weighted by atomic mass is 9.91. The van der Waals surface area contributed by atoms with Crippen LogP contribution < -0.4 is 17.1 Å². The third-order valence-electron chi connectivity index (χ3n) is 6.37. The Balaban J connectivity index is 0.00000480. The molecule has 2 aromatic carbocycles. The molecule has 2 rings (SSSR count). The Morgan fingerprint density at radius 2 is 1.35 bits per heavy atom. The van der Waals surface area contributed by atoms with Crippen LogP contribution >= 0.6 is 0 Å². The molecule has 3 nitrogen and oxygen atoms in total. The number of rotatable bonds is 14. The molecule has 0 amide bonds. The highest BCUT2D eigenvalue weighted by molar-refractivity contribution is 5.26. The number of hydrogen-bond acceptors (Lipinski definition) is 2. The zero-order chi connectivity index (χ0) is 21.9. The quantitative estimate of drug-likeness (QED) is 0.246. The van der Waals surface area contributed by atoms with Crippen LogP contribution in [0, 0.1) is 0 Å². The van der Waals surface area contributed by atoms with E-state index in [1.54, 1.807) is 0 Å². The molecule has 2 atom stereocenters. The van der Waals surface area contributed by atoms with Crippen LogP contribution in [-0.4, -0.2) is 31.4 Å². The fraction of sp³-hybridized carbons (Fsp3) is 0.556. The molecular weight excluding hydrogens is 406 g/mol. The largest absolute Gasteiger partial charge is 1.00 e. The normalized spacial score (nSPS) is 14.4. The van der Waals surface area contributed by atoms with E-state index in [9.17, 15) is 0 Å². The first-order valence-corrected chi connectivity index (χ1v) is 11.7. The minimum absolute atomic E-state index is 0. The van der Waals surface area contributed by atoms with Gasteiger partial charge in [0.15, 0.2) is 6.23 Å². The molecule has 0 bridgehead atoms. The Bertz CT molecular complexity index is 708. The van der Waals surface area contributed by atoms with E-state index in [4.69, 9.17) is 9.47 Å². The van der Waals surface area contributed by atoms with E-state index in [0.717, 1.165) is 18.6 Å². The zero-order valence-electron chi connectivity index (χ0n) is 20.1. The van der Waals surface area contributed by atoms with Crippen LogP contribution in [0.3, 0.4) is 0 Å². The molecule has 0 saturated heterocycles. The van der Waals surface area contributed by atoms with Gasteiger partial charge >= 0.3 is 0 Å². The van der Waals surface area contributed by atoms with E-state index in [1.165, 1.54) is 37.7 Å². The Labute approximate surface area is 196 Å². The van der Waals surface area contributed by atoms with E-state index in [2.05, 4.69) is 77.3 Å². The minimum Gasteiger partial charge on any atom is -1.00 e. The molecule has 0 spiro atoms. The van der Waals surface area contributed by atoms with Gasteiger partial charge in [-0.2, -0.15) is 0 Å². The van der Waals surface area contributed by atoms with Gasteiger partial charge in [-0.15, -0.1) is 0 Å². The van der Waals surface area contributed by atoms with Crippen LogP contribution in [0.25, 0.3) is 0 Å². The second-order valence-corrected chi connectivity index (χ2v) is 8.68. The Kier molecular flexibility index (Phi) is 12.2. The molecular formula is C27H42ClNO2. The average Bonchev–Trinajstić information content (AvgIpc) is 2.76. The zero-order valence-corrected chi connectivity index (χ0v) is 20.9. The summed E-state index contributed by atoms with van der Waals surface area (Å²) in [4.78, 5) is 0. The summed E-state index contributed by atoms with van der Waals surface area (Å²) >= 11 is 0. The van der Waals surface area contributed by atoms with Crippen molar-refractivity contribution in [3.8, 4) is 5.75 Å². The number of hydrogen-bond donors (Lipinski definition) is 0. The molecule has 0 fully saturated rings. The summed E-state index contributed by atoms with van der Waals surface area (Å²) in [6.07, 6.45) is 8.53. The van der Waals surface area contributed by atoms with E-state index in [0.29, 0.717) is 11.1 Å². The van der Waals surface area contributed by atoms with Crippen LogP contribution in [0.4, 0.5) is 0 Å². The number of halogens is 1. The first-order chi connectivity index (χ1) is 14.5. The van der Waals surface area contributed by atoms with Crippen molar-refractivity contribution in [2.45, 2.75) is 77.7 Å². The summed E-state index contributed by atoms with van der Waals surface area (Å²) in [6, 6.07) is 21.0. The lowest BCUT2D eigenvalue weighted by Crippen LogP contribution is -3.00. The predicted molar refractivity (Wildman–Crippen MR) is 126 cm³/mol. The van der Waals surface area contributed by atoms with Crippen molar-refractivity contribution in [2.75, 3.05) is 20.7 Å². The molecule has 0 aliphatic rings. The van der Waals surface area contributed by atoms with E-state index in [1.807, 2.05) is 18.2 Å². The van der Waals surface area contributed by atoms with Gasteiger partial charge in [-0.05, 0) is 37.6 Å². The third-order valence-corrected chi connectivity index (χ3v) is 6.37. The fourth-order valence-electron chi connectivity index (χ4n) is 4.24. The molecule has 0 heterocycles. The molecule has 4 heteroatoms. The molecule has 0 aromatic heterocycles. The summed E-state index contributed by atoms with van der Waals surface area (Å²) < 4.78 is 13.7. The van der Waals surface area contributed by atoms with Gasteiger partial charge in [0.1, 0.15) is 5.75 Å². The van der Waals surface area contributed by atoms with E-state index >= 15 is 0 Å². The van der Waals surface area contributed by atoms with Gasteiger partial charge in [0, 0.05) is 13.3 Å². The molecule has 0 saturated carbocycles. The number of quaternary nitrogens is 1. The average molecular weight is 448 g/mol. The fourth-order valence-corrected chi connectivity index (χ4v) is 4.24. The van der Waals surface area contributed by atoms with Crippen LogP contribution in [0.1, 0.15) is 71.3 Å². The molecule has 0 aliphatic carbocycles. The van der Waals surface area contributed by atoms with Gasteiger partial charge in [0.05, 0.1) is 26.3 Å². The van der Waals surface area contributed by atoms with Gasteiger partial charge < -0.3 is 21.9 Å². The van der Waals surface area contributed by atoms with Gasteiger partial charge in [0.25, 0.3) is 5.72 Å². The molecule has 2 aromatic rings. The summed E-state index contributed by atoms with van der Waals surface area (Å²) in [5, 5.41) is 0. The summed E-state index contributed by atoms with van der Waals surface area (Å²) in [5.74, 6) is 0.905.